The highest BCUT2D eigenvalue weighted by Crippen LogP contribution is 2.30. The van der Waals surface area contributed by atoms with Crippen molar-refractivity contribution in [1.82, 2.24) is 14.8 Å². The molecule has 1 aliphatic carbocycles. The van der Waals surface area contributed by atoms with Gasteiger partial charge in [0.15, 0.2) is 0 Å². The summed E-state index contributed by atoms with van der Waals surface area (Å²) in [4.78, 5) is 34.5. The Bertz CT molecular complexity index is 1130. The summed E-state index contributed by atoms with van der Waals surface area (Å²) < 4.78 is 0. The standard InChI is InChI=1S/C18H26ClN3O2.C10H11N.CH2O/c1-2-11-24-20-15-5-6-16(17(19)12-15)18(23)22-9-7-21(8-10-22)13-14-3-4-14;1-4-8(2)10-9(3)6-5-7-11-10;1-2/h5-6,12,14,20H,2-4,7-11,13H2,1H3;4-7H,1,3H2,2H3;1H2/b;10-8+;. The number of amides is 1. The van der Waals surface area contributed by atoms with Crippen LogP contribution < -0.4 is 16.0 Å². The fourth-order valence-electron chi connectivity index (χ4n) is 3.85. The normalized spacial score (nSPS) is 15.9. The van der Waals surface area contributed by atoms with Crippen LogP contribution in [0.15, 0.2) is 49.2 Å². The van der Waals surface area contributed by atoms with Crippen molar-refractivity contribution in [3.63, 3.8) is 0 Å². The smallest absolute Gasteiger partial charge is 0.255 e. The first-order valence-electron chi connectivity index (χ1n) is 12.6. The lowest BCUT2D eigenvalue weighted by atomic mass is 10.1. The van der Waals surface area contributed by atoms with E-state index in [1.807, 2.05) is 43.7 Å². The molecular weight excluding hydrogens is 488 g/mol. The molecule has 0 spiro atoms. The summed E-state index contributed by atoms with van der Waals surface area (Å²) in [6.07, 6.45) is 7.23. The highest BCUT2D eigenvalue weighted by Gasteiger charge is 2.28. The van der Waals surface area contributed by atoms with Gasteiger partial charge in [-0.2, -0.15) is 0 Å². The second kappa shape index (κ2) is 16.0. The van der Waals surface area contributed by atoms with Crippen LogP contribution in [0.5, 0.6) is 0 Å². The van der Waals surface area contributed by atoms with Crippen molar-refractivity contribution < 1.29 is 14.4 Å². The number of pyridine rings is 1. The van der Waals surface area contributed by atoms with Crippen molar-refractivity contribution in [2.24, 2.45) is 5.92 Å². The van der Waals surface area contributed by atoms with E-state index < -0.39 is 0 Å². The van der Waals surface area contributed by atoms with Crippen molar-refractivity contribution in [3.05, 3.63) is 70.3 Å². The second-order valence-corrected chi connectivity index (χ2v) is 9.49. The molecule has 2 aliphatic rings. The van der Waals surface area contributed by atoms with Crippen LogP contribution in [0.1, 0.15) is 43.5 Å². The van der Waals surface area contributed by atoms with E-state index in [1.54, 1.807) is 24.4 Å². The molecule has 1 amide bonds. The summed E-state index contributed by atoms with van der Waals surface area (Å²) in [5.74, 6) is 0.920. The monoisotopic (exact) mass is 526 g/mol. The van der Waals surface area contributed by atoms with Gasteiger partial charge in [0, 0.05) is 38.9 Å². The Morgan fingerprint density at radius 2 is 1.92 bits per heavy atom. The van der Waals surface area contributed by atoms with Crippen LogP contribution in [0.25, 0.3) is 12.2 Å². The van der Waals surface area contributed by atoms with Gasteiger partial charge in [0.05, 0.1) is 28.2 Å². The van der Waals surface area contributed by atoms with Gasteiger partial charge in [0.1, 0.15) is 6.79 Å². The number of rotatable bonds is 8. The molecular formula is C29H39ClN4O3. The molecule has 2 aromatic rings. The third-order valence-corrected chi connectivity index (χ3v) is 6.45. The lowest BCUT2D eigenvalue weighted by Gasteiger charge is -2.35. The highest BCUT2D eigenvalue weighted by atomic mass is 35.5. The molecule has 200 valence electrons. The van der Waals surface area contributed by atoms with E-state index in [2.05, 4.69) is 28.5 Å². The van der Waals surface area contributed by atoms with Gasteiger partial charge in [-0.15, -0.1) is 0 Å². The minimum atomic E-state index is 0.0205. The zero-order valence-corrected chi connectivity index (χ0v) is 22.8. The first-order chi connectivity index (χ1) is 17.9. The predicted octanol–water partition coefficient (Wildman–Crippen LogP) is 3.92. The van der Waals surface area contributed by atoms with E-state index in [0.29, 0.717) is 17.2 Å². The average Bonchev–Trinajstić information content (AvgIpc) is 3.74. The Kier molecular flexibility index (Phi) is 13.0. The highest BCUT2D eigenvalue weighted by molar-refractivity contribution is 6.34. The predicted molar refractivity (Wildman–Crippen MR) is 152 cm³/mol. The molecule has 2 heterocycles. The number of halogens is 1. The first kappa shape index (κ1) is 30.2. The summed E-state index contributed by atoms with van der Waals surface area (Å²) in [5, 5.41) is 2.35. The van der Waals surface area contributed by atoms with Gasteiger partial charge in [0.25, 0.3) is 5.91 Å². The van der Waals surface area contributed by atoms with Gasteiger partial charge in [-0.3, -0.25) is 25.0 Å². The van der Waals surface area contributed by atoms with Gasteiger partial charge < -0.3 is 9.69 Å². The van der Waals surface area contributed by atoms with Crippen LogP contribution in [0.4, 0.5) is 5.69 Å². The van der Waals surface area contributed by atoms with Gasteiger partial charge in [-0.05, 0) is 67.2 Å². The van der Waals surface area contributed by atoms with E-state index in [4.69, 9.17) is 21.2 Å². The molecule has 0 bridgehead atoms. The molecule has 1 aromatic carbocycles. The number of allylic oxidation sites excluding steroid dienone is 1. The number of nitrogens with zero attached hydrogens (tertiary/aromatic N) is 3. The molecule has 1 saturated heterocycles. The first-order valence-corrected chi connectivity index (χ1v) is 13.0. The van der Waals surface area contributed by atoms with E-state index in [9.17, 15) is 4.79 Å². The molecule has 1 saturated carbocycles. The van der Waals surface area contributed by atoms with Crippen molar-refractivity contribution in [2.75, 3.05) is 44.8 Å². The second-order valence-electron chi connectivity index (χ2n) is 9.08. The van der Waals surface area contributed by atoms with Crippen LogP contribution in [-0.2, 0) is 9.63 Å². The van der Waals surface area contributed by atoms with Crippen molar-refractivity contribution in [3.8, 4) is 0 Å². The molecule has 0 atom stereocenters. The summed E-state index contributed by atoms with van der Waals surface area (Å²) in [6.45, 7) is 18.9. The number of benzene rings is 1. The number of piperazine rings is 1. The number of anilines is 1. The Morgan fingerprint density at radius 3 is 2.49 bits per heavy atom. The number of aromatic nitrogens is 1. The molecule has 4 rings (SSSR count). The number of hydrogen-bond acceptors (Lipinski definition) is 6. The maximum atomic E-state index is 12.7. The summed E-state index contributed by atoms with van der Waals surface area (Å²) >= 11 is 6.31. The van der Waals surface area contributed by atoms with E-state index in [-0.39, 0.29) is 5.91 Å². The largest absolute Gasteiger partial charge is 0.336 e. The fraction of sp³-hybridized carbons (Fsp3) is 0.414. The molecule has 7 nitrogen and oxygen atoms in total. The average molecular weight is 527 g/mol. The van der Waals surface area contributed by atoms with E-state index in [0.717, 1.165) is 60.3 Å². The molecule has 1 aliphatic heterocycles. The van der Waals surface area contributed by atoms with Crippen LogP contribution >= 0.6 is 11.6 Å². The third kappa shape index (κ3) is 9.76. The Balaban J connectivity index is 0.000000311. The number of hydrogen-bond donors (Lipinski definition) is 1. The van der Waals surface area contributed by atoms with Crippen LogP contribution in [0, 0.1) is 5.92 Å². The minimum absolute atomic E-state index is 0.0205. The summed E-state index contributed by atoms with van der Waals surface area (Å²) in [7, 11) is 0. The Hall–Kier alpha value is -3.00. The molecule has 2 fully saturated rings. The fourth-order valence-corrected chi connectivity index (χ4v) is 4.11. The van der Waals surface area contributed by atoms with Gasteiger partial charge in [-0.1, -0.05) is 43.8 Å². The molecule has 8 heteroatoms. The number of carbonyl (C=O) groups is 2. The minimum Gasteiger partial charge on any atom is -0.336 e. The van der Waals surface area contributed by atoms with E-state index >= 15 is 0 Å². The van der Waals surface area contributed by atoms with Gasteiger partial charge in [0.2, 0.25) is 0 Å². The molecule has 0 unspecified atom stereocenters. The summed E-state index contributed by atoms with van der Waals surface area (Å²) in [5.41, 5.74) is 5.24. The van der Waals surface area contributed by atoms with Crippen molar-refractivity contribution >= 4 is 42.1 Å². The van der Waals surface area contributed by atoms with Crippen molar-refractivity contribution in [2.45, 2.75) is 33.1 Å². The van der Waals surface area contributed by atoms with Crippen molar-refractivity contribution in [1.29, 1.82) is 0 Å². The quantitative estimate of drug-likeness (QED) is 0.415. The number of carbonyl (C=O) groups excluding carboxylic acids is 2. The zero-order chi connectivity index (χ0) is 27.2. The Labute approximate surface area is 225 Å². The third-order valence-electron chi connectivity index (χ3n) is 6.14. The molecule has 1 aromatic heterocycles. The maximum Gasteiger partial charge on any atom is 0.255 e. The van der Waals surface area contributed by atoms with Gasteiger partial charge in [-0.25, -0.2) is 0 Å². The number of nitrogens with one attached hydrogen (secondary N) is 1. The molecule has 1 N–H and O–H groups in total. The van der Waals surface area contributed by atoms with Crippen LogP contribution in [-0.4, -0.2) is 66.8 Å². The van der Waals surface area contributed by atoms with E-state index in [1.165, 1.54) is 19.4 Å². The topological polar surface area (TPSA) is 74.8 Å². The lowest BCUT2D eigenvalue weighted by molar-refractivity contribution is -0.0980. The molecule has 0 radical (unpaired) electrons. The summed E-state index contributed by atoms with van der Waals surface area (Å²) in [6, 6.07) is 9.17. The zero-order valence-electron chi connectivity index (χ0n) is 22.0. The lowest BCUT2D eigenvalue weighted by Crippen LogP contribution is -2.49. The van der Waals surface area contributed by atoms with Crippen LogP contribution in [0.2, 0.25) is 5.02 Å². The maximum absolute atomic E-state index is 12.7. The Morgan fingerprint density at radius 1 is 1.22 bits per heavy atom. The van der Waals surface area contributed by atoms with Gasteiger partial charge >= 0.3 is 0 Å². The molecule has 37 heavy (non-hydrogen) atoms. The van der Waals surface area contributed by atoms with Crippen LogP contribution in [0.3, 0.4) is 0 Å². The SMILES string of the molecule is C=C/C(C)=c1/ncccc1=C.C=O.CCCONc1ccc(C(=O)N2CCN(CC3CC3)CC2)c(Cl)c1.